The van der Waals surface area contributed by atoms with Crippen LogP contribution in [0.4, 0.5) is 13.2 Å². The molecule has 0 radical (unpaired) electrons. The molecule has 0 saturated carbocycles. The molecule has 2 aromatic rings. The lowest BCUT2D eigenvalue weighted by atomic mass is 10.1. The Bertz CT molecular complexity index is 951. The number of aliphatic imine (C=N–C) groups is 1. The van der Waals surface area contributed by atoms with E-state index in [-0.39, 0.29) is 12.2 Å². The molecule has 0 aliphatic carbocycles. The van der Waals surface area contributed by atoms with E-state index in [0.717, 1.165) is 22.7 Å². The van der Waals surface area contributed by atoms with Crippen molar-refractivity contribution in [3.63, 3.8) is 0 Å². The molecule has 2 aliphatic heterocycles. The number of para-hydroxylation sites is 1. The minimum absolute atomic E-state index is 0.153. The molecule has 1 aromatic carbocycles. The van der Waals surface area contributed by atoms with Crippen molar-refractivity contribution in [3.05, 3.63) is 77.5 Å². The Morgan fingerprint density at radius 1 is 1.00 bits per heavy atom. The Labute approximate surface area is 152 Å². The van der Waals surface area contributed by atoms with Gasteiger partial charge in [0.05, 0.1) is 23.3 Å². The van der Waals surface area contributed by atoms with Gasteiger partial charge in [-0.15, -0.1) is 13.2 Å². The first-order chi connectivity index (χ1) is 13.0. The lowest BCUT2D eigenvalue weighted by Crippen LogP contribution is -2.30. The van der Waals surface area contributed by atoms with Gasteiger partial charge >= 0.3 is 6.36 Å². The molecular formula is C18H14F3N5O. The van der Waals surface area contributed by atoms with Gasteiger partial charge in [0, 0.05) is 29.9 Å². The molecule has 27 heavy (non-hydrogen) atoms. The van der Waals surface area contributed by atoms with Crippen LogP contribution in [0, 0.1) is 0 Å². The summed E-state index contributed by atoms with van der Waals surface area (Å²) in [7, 11) is 0. The van der Waals surface area contributed by atoms with Gasteiger partial charge in [0.1, 0.15) is 11.6 Å². The van der Waals surface area contributed by atoms with Crippen molar-refractivity contribution < 1.29 is 17.9 Å². The summed E-state index contributed by atoms with van der Waals surface area (Å²) in [5.74, 6) is 0.257. The van der Waals surface area contributed by atoms with Crippen LogP contribution in [0.2, 0.25) is 0 Å². The highest BCUT2D eigenvalue weighted by Gasteiger charge is 2.32. The number of aromatic nitrogens is 1. The van der Waals surface area contributed by atoms with Crippen molar-refractivity contribution >= 4 is 11.5 Å². The third kappa shape index (κ3) is 3.71. The van der Waals surface area contributed by atoms with E-state index in [4.69, 9.17) is 0 Å². The average molecular weight is 373 g/mol. The summed E-state index contributed by atoms with van der Waals surface area (Å²) in [5.41, 5.74) is 9.55. The number of fused-ring (bicyclic) bond motifs is 1. The monoisotopic (exact) mass is 373 g/mol. The third-order valence-corrected chi connectivity index (χ3v) is 3.97. The predicted octanol–water partition coefficient (Wildman–Crippen LogP) is 2.84. The molecule has 6 nitrogen and oxygen atoms in total. The van der Waals surface area contributed by atoms with E-state index in [2.05, 4.69) is 30.9 Å². The molecule has 9 heteroatoms. The van der Waals surface area contributed by atoms with Gasteiger partial charge in [0.25, 0.3) is 0 Å². The Hall–Kier alpha value is -3.49. The fourth-order valence-corrected chi connectivity index (χ4v) is 2.81. The number of halogens is 3. The van der Waals surface area contributed by atoms with Crippen LogP contribution in [0.25, 0.3) is 5.70 Å². The molecule has 0 fully saturated rings. The second-order valence-electron chi connectivity index (χ2n) is 5.82. The van der Waals surface area contributed by atoms with E-state index in [1.807, 2.05) is 12.1 Å². The standard InChI is InChI=1S/C18H14F3N5O/c19-18(20,21)27-14-6-2-1-4-11(14)8-15-23-10-13-17(24-15)16(26-25-13)12-5-3-7-22-9-12/h1-7,9-10,25-26H,8H2,(H,23,24). The lowest BCUT2D eigenvalue weighted by molar-refractivity contribution is -0.274. The first-order valence-electron chi connectivity index (χ1n) is 8.04. The third-order valence-electron chi connectivity index (χ3n) is 3.97. The van der Waals surface area contributed by atoms with Gasteiger partial charge < -0.3 is 10.1 Å². The highest BCUT2D eigenvalue weighted by atomic mass is 19.4. The summed E-state index contributed by atoms with van der Waals surface area (Å²) in [5, 5.41) is 3.17. The van der Waals surface area contributed by atoms with Crippen molar-refractivity contribution in [2.45, 2.75) is 12.8 Å². The van der Waals surface area contributed by atoms with Gasteiger partial charge in [-0.3, -0.25) is 15.8 Å². The number of hydrazine groups is 1. The topological polar surface area (TPSA) is 70.6 Å². The van der Waals surface area contributed by atoms with E-state index in [9.17, 15) is 13.2 Å². The van der Waals surface area contributed by atoms with Crippen LogP contribution in [-0.4, -0.2) is 17.2 Å². The second kappa shape index (κ2) is 6.67. The molecule has 0 atom stereocenters. The first kappa shape index (κ1) is 17.0. The number of ether oxygens (including phenoxy) is 1. The quantitative estimate of drug-likeness (QED) is 0.769. The number of alkyl halides is 3. The molecule has 0 bridgehead atoms. The van der Waals surface area contributed by atoms with Gasteiger partial charge in [-0.25, -0.2) is 4.99 Å². The largest absolute Gasteiger partial charge is 0.573 e. The Morgan fingerprint density at radius 3 is 2.63 bits per heavy atom. The van der Waals surface area contributed by atoms with Gasteiger partial charge in [-0.1, -0.05) is 18.2 Å². The summed E-state index contributed by atoms with van der Waals surface area (Å²) in [6.45, 7) is 0. The highest BCUT2D eigenvalue weighted by Crippen LogP contribution is 2.28. The van der Waals surface area contributed by atoms with Gasteiger partial charge in [0.15, 0.2) is 0 Å². The maximum atomic E-state index is 12.6. The van der Waals surface area contributed by atoms with Crippen LogP contribution in [0.1, 0.15) is 11.1 Å². The Kier molecular flexibility index (Phi) is 4.19. The molecule has 0 amide bonds. The molecular weight excluding hydrogens is 359 g/mol. The molecule has 2 aliphatic rings. The van der Waals surface area contributed by atoms with E-state index in [0.29, 0.717) is 11.4 Å². The van der Waals surface area contributed by atoms with E-state index in [1.54, 1.807) is 30.7 Å². The summed E-state index contributed by atoms with van der Waals surface area (Å²) in [4.78, 5) is 8.38. The molecule has 0 saturated heterocycles. The SMILES string of the molecule is FC(F)(F)Oc1ccccc1CC1=NC=C2NNC(c3cccnc3)=C2N1. The Morgan fingerprint density at radius 2 is 1.85 bits per heavy atom. The van der Waals surface area contributed by atoms with Crippen molar-refractivity contribution in [1.82, 2.24) is 21.2 Å². The Balaban J connectivity index is 1.59. The van der Waals surface area contributed by atoms with Crippen molar-refractivity contribution in [2.24, 2.45) is 4.99 Å². The highest BCUT2D eigenvalue weighted by molar-refractivity contribution is 5.91. The maximum absolute atomic E-state index is 12.6. The van der Waals surface area contributed by atoms with Crippen LogP contribution in [-0.2, 0) is 6.42 Å². The maximum Gasteiger partial charge on any atom is 0.573 e. The van der Waals surface area contributed by atoms with Crippen molar-refractivity contribution in [3.8, 4) is 5.75 Å². The molecule has 0 spiro atoms. The zero-order valence-electron chi connectivity index (χ0n) is 13.8. The fraction of sp³-hybridized carbons (Fsp3) is 0.111. The summed E-state index contributed by atoms with van der Waals surface area (Å²) in [6.07, 6.45) is 0.400. The first-order valence-corrected chi connectivity index (χ1v) is 8.04. The number of hydrogen-bond acceptors (Lipinski definition) is 6. The predicted molar refractivity (Wildman–Crippen MR) is 92.9 cm³/mol. The summed E-state index contributed by atoms with van der Waals surface area (Å²) in [6, 6.07) is 9.72. The second-order valence-corrected chi connectivity index (χ2v) is 5.82. The van der Waals surface area contributed by atoms with Crippen LogP contribution in [0.3, 0.4) is 0 Å². The molecule has 0 unspecified atom stereocenters. The van der Waals surface area contributed by atoms with Crippen LogP contribution < -0.4 is 20.9 Å². The summed E-state index contributed by atoms with van der Waals surface area (Å²) < 4.78 is 41.9. The molecule has 138 valence electrons. The van der Waals surface area contributed by atoms with Gasteiger partial charge in [0.2, 0.25) is 0 Å². The average Bonchev–Trinajstić information content (AvgIpc) is 3.06. The minimum atomic E-state index is -4.75. The number of pyridine rings is 1. The number of nitrogens with one attached hydrogen (secondary N) is 3. The number of hydrogen-bond donors (Lipinski definition) is 3. The van der Waals surface area contributed by atoms with Crippen molar-refractivity contribution in [1.29, 1.82) is 0 Å². The number of nitrogens with zero attached hydrogens (tertiary/aromatic N) is 2. The van der Waals surface area contributed by atoms with E-state index >= 15 is 0 Å². The number of amidine groups is 1. The summed E-state index contributed by atoms with van der Waals surface area (Å²) >= 11 is 0. The number of rotatable bonds is 4. The van der Waals surface area contributed by atoms with Crippen LogP contribution >= 0.6 is 0 Å². The van der Waals surface area contributed by atoms with E-state index in [1.165, 1.54) is 12.1 Å². The molecule has 3 heterocycles. The van der Waals surface area contributed by atoms with Gasteiger partial charge in [-0.05, 0) is 18.2 Å². The zero-order valence-corrected chi connectivity index (χ0v) is 13.8. The van der Waals surface area contributed by atoms with Crippen LogP contribution in [0.5, 0.6) is 5.75 Å². The van der Waals surface area contributed by atoms with E-state index < -0.39 is 6.36 Å². The lowest BCUT2D eigenvalue weighted by Gasteiger charge is -2.18. The van der Waals surface area contributed by atoms with Crippen LogP contribution in [0.15, 0.2) is 71.4 Å². The number of benzene rings is 1. The fourth-order valence-electron chi connectivity index (χ4n) is 2.81. The smallest absolute Gasteiger partial charge is 0.405 e. The molecule has 3 N–H and O–H groups in total. The normalized spacial score (nSPS) is 15.8. The minimum Gasteiger partial charge on any atom is -0.405 e. The van der Waals surface area contributed by atoms with Gasteiger partial charge in [-0.2, -0.15) is 0 Å². The zero-order chi connectivity index (χ0) is 18.9. The molecule has 4 rings (SSSR count). The van der Waals surface area contributed by atoms with Crippen molar-refractivity contribution in [2.75, 3.05) is 0 Å². The molecule has 1 aromatic heterocycles.